The SMILES string of the molecule is NCc1cn(CC(=O)c2cccc3cnccc23)nn1. The number of nitrogens with zero attached hydrogens (tertiary/aromatic N) is 4. The molecule has 0 aliphatic rings. The second-order valence-electron chi connectivity index (χ2n) is 4.44. The van der Waals surface area contributed by atoms with E-state index in [2.05, 4.69) is 15.3 Å². The minimum Gasteiger partial charge on any atom is -0.325 e. The minimum absolute atomic E-state index is 0.0183. The zero-order valence-corrected chi connectivity index (χ0v) is 10.7. The Kier molecular flexibility index (Phi) is 3.22. The van der Waals surface area contributed by atoms with Crippen molar-refractivity contribution in [1.29, 1.82) is 0 Å². The van der Waals surface area contributed by atoms with Gasteiger partial charge in [-0.1, -0.05) is 23.4 Å². The van der Waals surface area contributed by atoms with Crippen LogP contribution in [0.2, 0.25) is 0 Å². The molecule has 0 aliphatic heterocycles. The van der Waals surface area contributed by atoms with E-state index in [4.69, 9.17) is 5.73 Å². The Labute approximate surface area is 115 Å². The zero-order valence-electron chi connectivity index (χ0n) is 10.7. The number of hydrogen-bond acceptors (Lipinski definition) is 5. The van der Waals surface area contributed by atoms with Gasteiger partial charge in [0.1, 0.15) is 6.54 Å². The smallest absolute Gasteiger partial charge is 0.184 e. The Morgan fingerprint density at radius 3 is 3.00 bits per heavy atom. The Morgan fingerprint density at radius 1 is 1.30 bits per heavy atom. The van der Waals surface area contributed by atoms with Gasteiger partial charge in [-0.2, -0.15) is 0 Å². The van der Waals surface area contributed by atoms with E-state index in [1.54, 1.807) is 18.6 Å². The van der Waals surface area contributed by atoms with Gasteiger partial charge in [0.25, 0.3) is 0 Å². The highest BCUT2D eigenvalue weighted by atomic mass is 16.1. The number of carbonyl (C=O) groups excluding carboxylic acids is 1. The van der Waals surface area contributed by atoms with Gasteiger partial charge in [0.05, 0.1) is 11.9 Å². The van der Waals surface area contributed by atoms with Crippen LogP contribution in [0.3, 0.4) is 0 Å². The molecule has 6 heteroatoms. The van der Waals surface area contributed by atoms with Crippen LogP contribution < -0.4 is 5.73 Å². The molecule has 2 heterocycles. The average molecular weight is 267 g/mol. The largest absolute Gasteiger partial charge is 0.325 e. The molecule has 0 amide bonds. The lowest BCUT2D eigenvalue weighted by molar-refractivity contribution is 0.0968. The number of Topliss-reactive ketones (excluding diaryl/α,β-unsaturated/α-hetero) is 1. The Bertz CT molecular complexity index is 760. The van der Waals surface area contributed by atoms with E-state index < -0.39 is 0 Å². The quantitative estimate of drug-likeness (QED) is 0.717. The third kappa shape index (κ3) is 2.28. The van der Waals surface area contributed by atoms with Crippen LogP contribution in [0.25, 0.3) is 10.8 Å². The number of pyridine rings is 1. The van der Waals surface area contributed by atoms with Gasteiger partial charge < -0.3 is 5.73 Å². The van der Waals surface area contributed by atoms with Crippen LogP contribution in [0.1, 0.15) is 16.1 Å². The number of nitrogens with two attached hydrogens (primary N) is 1. The molecule has 100 valence electrons. The maximum absolute atomic E-state index is 12.4. The van der Waals surface area contributed by atoms with Crippen molar-refractivity contribution in [3.63, 3.8) is 0 Å². The summed E-state index contributed by atoms with van der Waals surface area (Å²) in [5.74, 6) is -0.0183. The van der Waals surface area contributed by atoms with Crippen molar-refractivity contribution in [2.75, 3.05) is 0 Å². The molecule has 2 N–H and O–H groups in total. The number of benzene rings is 1. The highest BCUT2D eigenvalue weighted by molar-refractivity contribution is 6.07. The summed E-state index contributed by atoms with van der Waals surface area (Å²) in [5, 5.41) is 9.59. The lowest BCUT2D eigenvalue weighted by atomic mass is 10.0. The van der Waals surface area contributed by atoms with Gasteiger partial charge in [-0.15, -0.1) is 5.10 Å². The van der Waals surface area contributed by atoms with Crippen molar-refractivity contribution in [2.45, 2.75) is 13.1 Å². The molecule has 20 heavy (non-hydrogen) atoms. The van der Waals surface area contributed by atoms with Crippen LogP contribution in [-0.4, -0.2) is 25.8 Å². The van der Waals surface area contributed by atoms with E-state index in [-0.39, 0.29) is 12.3 Å². The van der Waals surface area contributed by atoms with Crippen molar-refractivity contribution >= 4 is 16.6 Å². The number of fused-ring (bicyclic) bond motifs is 1. The van der Waals surface area contributed by atoms with Crippen LogP contribution in [0.5, 0.6) is 0 Å². The van der Waals surface area contributed by atoms with E-state index in [0.29, 0.717) is 17.8 Å². The first kappa shape index (κ1) is 12.4. The maximum atomic E-state index is 12.4. The van der Waals surface area contributed by atoms with E-state index in [9.17, 15) is 4.79 Å². The van der Waals surface area contributed by atoms with Crippen molar-refractivity contribution in [1.82, 2.24) is 20.0 Å². The van der Waals surface area contributed by atoms with Gasteiger partial charge in [-0.05, 0) is 11.5 Å². The molecule has 3 rings (SSSR count). The minimum atomic E-state index is -0.0183. The lowest BCUT2D eigenvalue weighted by Crippen LogP contribution is -2.11. The molecule has 6 nitrogen and oxygen atoms in total. The summed E-state index contributed by atoms with van der Waals surface area (Å²) in [7, 11) is 0. The van der Waals surface area contributed by atoms with Crippen LogP contribution >= 0.6 is 0 Å². The summed E-state index contributed by atoms with van der Waals surface area (Å²) < 4.78 is 1.50. The highest BCUT2D eigenvalue weighted by Crippen LogP contribution is 2.18. The molecule has 3 aromatic rings. The average Bonchev–Trinajstić information content (AvgIpc) is 2.94. The molecule has 0 fully saturated rings. The number of aromatic nitrogens is 4. The fourth-order valence-electron chi connectivity index (χ4n) is 2.11. The summed E-state index contributed by atoms with van der Waals surface area (Å²) in [6, 6.07) is 7.44. The molecule has 0 bridgehead atoms. The van der Waals surface area contributed by atoms with E-state index in [0.717, 1.165) is 10.8 Å². The Balaban J connectivity index is 1.92. The monoisotopic (exact) mass is 267 g/mol. The standard InChI is InChI=1S/C14H13N5O/c15-6-11-8-19(18-17-11)9-14(20)13-3-1-2-10-7-16-5-4-12(10)13/h1-5,7-8H,6,9,15H2. The van der Waals surface area contributed by atoms with E-state index in [1.165, 1.54) is 4.68 Å². The fraction of sp³-hybridized carbons (Fsp3) is 0.143. The third-order valence-corrected chi connectivity index (χ3v) is 3.08. The molecule has 0 aliphatic carbocycles. The lowest BCUT2D eigenvalue weighted by Gasteiger charge is -2.05. The van der Waals surface area contributed by atoms with Crippen molar-refractivity contribution < 1.29 is 4.79 Å². The molecule has 0 atom stereocenters. The van der Waals surface area contributed by atoms with Crippen LogP contribution in [0, 0.1) is 0 Å². The van der Waals surface area contributed by atoms with Crippen molar-refractivity contribution in [3.05, 3.63) is 54.1 Å². The second kappa shape index (κ2) is 5.18. The number of carbonyl (C=O) groups is 1. The van der Waals surface area contributed by atoms with Gasteiger partial charge in [-0.3, -0.25) is 9.78 Å². The molecule has 0 unspecified atom stereocenters. The summed E-state index contributed by atoms with van der Waals surface area (Å²) in [6.45, 7) is 0.461. The van der Waals surface area contributed by atoms with Gasteiger partial charge in [0.2, 0.25) is 0 Å². The second-order valence-corrected chi connectivity index (χ2v) is 4.44. The molecule has 0 radical (unpaired) electrons. The van der Waals surface area contributed by atoms with Gasteiger partial charge >= 0.3 is 0 Å². The number of rotatable bonds is 4. The molecule has 2 aromatic heterocycles. The molecule has 0 spiro atoms. The highest BCUT2D eigenvalue weighted by Gasteiger charge is 2.11. The maximum Gasteiger partial charge on any atom is 0.184 e. The molecule has 1 aromatic carbocycles. The summed E-state index contributed by atoms with van der Waals surface area (Å²) in [4.78, 5) is 16.4. The molecule has 0 saturated heterocycles. The predicted molar refractivity (Wildman–Crippen MR) is 74.0 cm³/mol. The molecule has 0 saturated carbocycles. The van der Waals surface area contributed by atoms with Crippen molar-refractivity contribution in [2.24, 2.45) is 5.73 Å². The fourth-order valence-corrected chi connectivity index (χ4v) is 2.11. The topological polar surface area (TPSA) is 86.7 Å². The Morgan fingerprint density at radius 2 is 2.20 bits per heavy atom. The summed E-state index contributed by atoms with van der Waals surface area (Å²) in [5.41, 5.74) is 6.80. The van der Waals surface area contributed by atoms with Crippen LogP contribution in [0.4, 0.5) is 0 Å². The van der Waals surface area contributed by atoms with Crippen LogP contribution in [-0.2, 0) is 13.1 Å². The van der Waals surface area contributed by atoms with E-state index >= 15 is 0 Å². The normalized spacial score (nSPS) is 10.8. The third-order valence-electron chi connectivity index (χ3n) is 3.08. The number of hydrogen-bond donors (Lipinski definition) is 1. The predicted octanol–water partition coefficient (Wildman–Crippen LogP) is 1.17. The Hall–Kier alpha value is -2.60. The first-order valence-electron chi connectivity index (χ1n) is 6.23. The summed E-state index contributed by atoms with van der Waals surface area (Å²) >= 11 is 0. The van der Waals surface area contributed by atoms with Gasteiger partial charge in [0, 0.05) is 29.9 Å². The van der Waals surface area contributed by atoms with Gasteiger partial charge in [0.15, 0.2) is 5.78 Å². The first-order valence-corrected chi connectivity index (χ1v) is 6.23. The molecular weight excluding hydrogens is 254 g/mol. The zero-order chi connectivity index (χ0) is 13.9. The first-order chi connectivity index (χ1) is 9.78. The number of ketones is 1. The van der Waals surface area contributed by atoms with Crippen LogP contribution in [0.15, 0.2) is 42.9 Å². The summed E-state index contributed by atoms with van der Waals surface area (Å²) in [6.07, 6.45) is 5.11. The van der Waals surface area contributed by atoms with Gasteiger partial charge in [-0.25, -0.2) is 4.68 Å². The van der Waals surface area contributed by atoms with Crippen molar-refractivity contribution in [3.8, 4) is 0 Å². The van der Waals surface area contributed by atoms with E-state index in [1.807, 2.05) is 24.3 Å². The molecular formula is C14H13N5O.